The Bertz CT molecular complexity index is 331. The van der Waals surface area contributed by atoms with E-state index in [9.17, 15) is 4.79 Å². The summed E-state index contributed by atoms with van der Waals surface area (Å²) in [6, 6.07) is 7.81. The highest BCUT2D eigenvalue weighted by atomic mass is 35.5. The molecule has 0 aliphatic rings. The van der Waals surface area contributed by atoms with Crippen LogP contribution in [0.2, 0.25) is 0 Å². The monoisotopic (exact) mass is 255 g/mol. The SMILES string of the molecule is CCN(CC)CCC(=O)c1ccc(C)cc1.Cl. The fraction of sp³-hybridized carbons (Fsp3) is 0.500. The van der Waals surface area contributed by atoms with Crippen LogP contribution in [0.15, 0.2) is 24.3 Å². The van der Waals surface area contributed by atoms with Crippen molar-refractivity contribution >= 4 is 18.2 Å². The van der Waals surface area contributed by atoms with Crippen LogP contribution in [0, 0.1) is 6.92 Å². The second kappa shape index (κ2) is 8.26. The van der Waals surface area contributed by atoms with E-state index in [2.05, 4.69) is 18.7 Å². The number of rotatable bonds is 6. The maximum absolute atomic E-state index is 11.9. The molecule has 17 heavy (non-hydrogen) atoms. The van der Waals surface area contributed by atoms with Gasteiger partial charge in [0.15, 0.2) is 5.78 Å². The van der Waals surface area contributed by atoms with Crippen molar-refractivity contribution < 1.29 is 4.79 Å². The maximum atomic E-state index is 11.9. The lowest BCUT2D eigenvalue weighted by molar-refractivity contribution is 0.0966. The molecular weight excluding hydrogens is 234 g/mol. The van der Waals surface area contributed by atoms with Gasteiger partial charge in [0, 0.05) is 18.5 Å². The van der Waals surface area contributed by atoms with E-state index in [1.807, 2.05) is 31.2 Å². The first kappa shape index (κ1) is 16.1. The highest BCUT2D eigenvalue weighted by molar-refractivity contribution is 5.96. The van der Waals surface area contributed by atoms with Gasteiger partial charge in [0.2, 0.25) is 0 Å². The molecule has 0 unspecified atom stereocenters. The second-order valence-electron chi connectivity index (χ2n) is 4.07. The molecule has 0 aliphatic carbocycles. The number of ketones is 1. The lowest BCUT2D eigenvalue weighted by Crippen LogP contribution is -2.25. The molecule has 0 aromatic heterocycles. The molecule has 0 saturated heterocycles. The van der Waals surface area contributed by atoms with Gasteiger partial charge >= 0.3 is 0 Å². The normalized spacial score (nSPS) is 10.1. The molecule has 0 bridgehead atoms. The van der Waals surface area contributed by atoms with Crippen molar-refractivity contribution in [3.63, 3.8) is 0 Å². The first-order chi connectivity index (χ1) is 7.67. The summed E-state index contributed by atoms with van der Waals surface area (Å²) in [6.45, 7) is 9.17. The molecule has 0 saturated carbocycles. The average Bonchev–Trinajstić information content (AvgIpc) is 2.31. The van der Waals surface area contributed by atoms with E-state index in [0.29, 0.717) is 6.42 Å². The van der Waals surface area contributed by atoms with Crippen molar-refractivity contribution in [2.24, 2.45) is 0 Å². The van der Waals surface area contributed by atoms with Crippen LogP contribution in [-0.2, 0) is 0 Å². The van der Waals surface area contributed by atoms with Crippen LogP contribution in [0.4, 0.5) is 0 Å². The van der Waals surface area contributed by atoms with Crippen molar-refractivity contribution in [2.75, 3.05) is 19.6 Å². The predicted molar refractivity (Wildman–Crippen MR) is 75.2 cm³/mol. The maximum Gasteiger partial charge on any atom is 0.164 e. The minimum atomic E-state index is 0. The van der Waals surface area contributed by atoms with E-state index in [1.165, 1.54) is 5.56 Å². The smallest absolute Gasteiger partial charge is 0.164 e. The lowest BCUT2D eigenvalue weighted by Gasteiger charge is -2.17. The van der Waals surface area contributed by atoms with Crippen LogP contribution in [0.5, 0.6) is 0 Å². The van der Waals surface area contributed by atoms with Crippen LogP contribution < -0.4 is 0 Å². The minimum absolute atomic E-state index is 0. The van der Waals surface area contributed by atoms with Crippen LogP contribution in [-0.4, -0.2) is 30.3 Å². The van der Waals surface area contributed by atoms with Gasteiger partial charge in [-0.1, -0.05) is 43.7 Å². The van der Waals surface area contributed by atoms with Gasteiger partial charge in [0.05, 0.1) is 0 Å². The van der Waals surface area contributed by atoms with E-state index in [-0.39, 0.29) is 18.2 Å². The van der Waals surface area contributed by atoms with Crippen molar-refractivity contribution in [2.45, 2.75) is 27.2 Å². The number of aryl methyl sites for hydroxylation is 1. The first-order valence-corrected chi connectivity index (χ1v) is 5.99. The number of nitrogens with zero attached hydrogens (tertiary/aromatic N) is 1. The molecule has 0 amide bonds. The molecule has 0 N–H and O–H groups in total. The van der Waals surface area contributed by atoms with Crippen LogP contribution in [0.25, 0.3) is 0 Å². The Morgan fingerprint density at radius 1 is 1.12 bits per heavy atom. The van der Waals surface area contributed by atoms with Crippen molar-refractivity contribution in [3.05, 3.63) is 35.4 Å². The quantitative estimate of drug-likeness (QED) is 0.727. The zero-order chi connectivity index (χ0) is 12.0. The van der Waals surface area contributed by atoms with Gasteiger partial charge < -0.3 is 4.90 Å². The van der Waals surface area contributed by atoms with Gasteiger partial charge in [-0.15, -0.1) is 12.4 Å². The summed E-state index contributed by atoms with van der Waals surface area (Å²) in [5.41, 5.74) is 2.03. The van der Waals surface area contributed by atoms with Gasteiger partial charge in [-0.2, -0.15) is 0 Å². The summed E-state index contributed by atoms with van der Waals surface area (Å²) in [5, 5.41) is 0. The van der Waals surface area contributed by atoms with Gasteiger partial charge in [-0.05, 0) is 20.0 Å². The van der Waals surface area contributed by atoms with Crippen LogP contribution >= 0.6 is 12.4 Å². The third kappa shape index (κ3) is 5.33. The average molecular weight is 256 g/mol. The Hall–Kier alpha value is -0.860. The fourth-order valence-electron chi connectivity index (χ4n) is 1.68. The zero-order valence-electron chi connectivity index (χ0n) is 10.9. The standard InChI is InChI=1S/C14H21NO.ClH/c1-4-15(5-2)11-10-14(16)13-8-6-12(3)7-9-13;/h6-9H,4-5,10-11H2,1-3H3;1H. The molecule has 0 fully saturated rings. The van der Waals surface area contributed by atoms with Gasteiger partial charge in [-0.3, -0.25) is 4.79 Å². The molecule has 1 aromatic rings. The summed E-state index contributed by atoms with van der Waals surface area (Å²) < 4.78 is 0. The fourth-order valence-corrected chi connectivity index (χ4v) is 1.68. The Labute approximate surface area is 110 Å². The van der Waals surface area contributed by atoms with E-state index >= 15 is 0 Å². The van der Waals surface area contributed by atoms with Gasteiger partial charge in [0.1, 0.15) is 0 Å². The molecule has 0 spiro atoms. The molecule has 3 heteroatoms. The third-order valence-electron chi connectivity index (χ3n) is 2.92. The summed E-state index contributed by atoms with van der Waals surface area (Å²) in [4.78, 5) is 14.1. The molecule has 96 valence electrons. The summed E-state index contributed by atoms with van der Waals surface area (Å²) in [7, 11) is 0. The van der Waals surface area contributed by atoms with E-state index in [0.717, 1.165) is 25.2 Å². The number of benzene rings is 1. The molecule has 0 radical (unpaired) electrons. The van der Waals surface area contributed by atoms with Gasteiger partial charge in [-0.25, -0.2) is 0 Å². The number of hydrogen-bond donors (Lipinski definition) is 0. The highest BCUT2D eigenvalue weighted by Gasteiger charge is 2.07. The molecule has 1 aromatic carbocycles. The Balaban J connectivity index is 0.00000256. The van der Waals surface area contributed by atoms with E-state index in [4.69, 9.17) is 0 Å². The Morgan fingerprint density at radius 3 is 2.12 bits per heavy atom. The summed E-state index contributed by atoms with van der Waals surface area (Å²) in [6.07, 6.45) is 0.616. The summed E-state index contributed by atoms with van der Waals surface area (Å²) >= 11 is 0. The van der Waals surface area contributed by atoms with E-state index < -0.39 is 0 Å². The lowest BCUT2D eigenvalue weighted by atomic mass is 10.1. The van der Waals surface area contributed by atoms with Crippen molar-refractivity contribution in [1.29, 1.82) is 0 Å². The Kier molecular flexibility index (Phi) is 7.85. The molecule has 1 rings (SSSR count). The van der Waals surface area contributed by atoms with Crippen molar-refractivity contribution in [1.82, 2.24) is 4.90 Å². The number of hydrogen-bond acceptors (Lipinski definition) is 2. The molecule has 0 atom stereocenters. The van der Waals surface area contributed by atoms with Gasteiger partial charge in [0.25, 0.3) is 0 Å². The topological polar surface area (TPSA) is 20.3 Å². The third-order valence-corrected chi connectivity index (χ3v) is 2.92. The summed E-state index contributed by atoms with van der Waals surface area (Å²) in [5.74, 6) is 0.243. The molecule has 0 aliphatic heterocycles. The molecule has 2 nitrogen and oxygen atoms in total. The van der Waals surface area contributed by atoms with Crippen LogP contribution in [0.3, 0.4) is 0 Å². The molecule has 0 heterocycles. The highest BCUT2D eigenvalue weighted by Crippen LogP contribution is 2.06. The van der Waals surface area contributed by atoms with Crippen LogP contribution in [0.1, 0.15) is 36.2 Å². The predicted octanol–water partition coefficient (Wildman–Crippen LogP) is 3.33. The largest absolute Gasteiger partial charge is 0.303 e. The minimum Gasteiger partial charge on any atom is -0.303 e. The molecular formula is C14H22ClNO. The number of Topliss-reactive ketones (excluding diaryl/α,β-unsaturated/α-hetero) is 1. The number of carbonyl (C=O) groups is 1. The number of carbonyl (C=O) groups excluding carboxylic acids is 1. The first-order valence-electron chi connectivity index (χ1n) is 5.99. The number of halogens is 1. The second-order valence-corrected chi connectivity index (χ2v) is 4.07. The zero-order valence-corrected chi connectivity index (χ0v) is 11.7. The van der Waals surface area contributed by atoms with Crippen molar-refractivity contribution in [3.8, 4) is 0 Å². The van der Waals surface area contributed by atoms with E-state index in [1.54, 1.807) is 0 Å². The Morgan fingerprint density at radius 2 is 1.65 bits per heavy atom.